The highest BCUT2D eigenvalue weighted by molar-refractivity contribution is 5.91. The summed E-state index contributed by atoms with van der Waals surface area (Å²) in [7, 11) is 0. The SMILES string of the molecule is O=C(NCCN1CCCC(c2ccccc2)C1)c1cn(CCCc2ccccc2)nn1. The van der Waals surface area contributed by atoms with Crippen LogP contribution in [-0.2, 0) is 13.0 Å². The lowest BCUT2D eigenvalue weighted by Crippen LogP contribution is -2.40. The zero-order valence-electron chi connectivity index (χ0n) is 18.0. The summed E-state index contributed by atoms with van der Waals surface area (Å²) in [6, 6.07) is 21.1. The van der Waals surface area contributed by atoms with Crippen molar-refractivity contribution in [1.29, 1.82) is 0 Å². The number of amides is 1. The number of hydrogen-bond donors (Lipinski definition) is 1. The van der Waals surface area contributed by atoms with Gasteiger partial charge in [-0.1, -0.05) is 65.9 Å². The van der Waals surface area contributed by atoms with Gasteiger partial charge in [0, 0.05) is 26.2 Å². The number of nitrogens with one attached hydrogen (secondary N) is 1. The maximum atomic E-state index is 12.4. The molecule has 3 aromatic rings. The number of piperidine rings is 1. The average Bonchev–Trinajstić information content (AvgIpc) is 3.30. The minimum Gasteiger partial charge on any atom is -0.349 e. The van der Waals surface area contributed by atoms with Gasteiger partial charge in [0.15, 0.2) is 5.69 Å². The minimum atomic E-state index is -0.147. The summed E-state index contributed by atoms with van der Waals surface area (Å²) in [6.45, 7) is 4.39. The van der Waals surface area contributed by atoms with Gasteiger partial charge >= 0.3 is 0 Å². The topological polar surface area (TPSA) is 63.1 Å². The van der Waals surface area contributed by atoms with Crippen LogP contribution < -0.4 is 5.32 Å². The van der Waals surface area contributed by atoms with Gasteiger partial charge < -0.3 is 10.2 Å². The third-order valence-corrected chi connectivity index (χ3v) is 5.96. The first-order chi connectivity index (χ1) is 15.3. The number of aryl methyl sites for hydroxylation is 2. The van der Waals surface area contributed by atoms with Gasteiger partial charge in [0.05, 0.1) is 6.20 Å². The van der Waals surface area contributed by atoms with Crippen LogP contribution >= 0.6 is 0 Å². The quantitative estimate of drug-likeness (QED) is 0.579. The van der Waals surface area contributed by atoms with Crippen molar-refractivity contribution < 1.29 is 4.79 Å². The van der Waals surface area contributed by atoms with E-state index in [0.717, 1.165) is 39.0 Å². The van der Waals surface area contributed by atoms with Crippen molar-refractivity contribution in [2.24, 2.45) is 0 Å². The summed E-state index contributed by atoms with van der Waals surface area (Å²) in [5.74, 6) is 0.437. The molecule has 0 radical (unpaired) electrons. The highest BCUT2D eigenvalue weighted by Gasteiger charge is 2.21. The number of likely N-dealkylation sites (tertiary alicyclic amines) is 1. The highest BCUT2D eigenvalue weighted by atomic mass is 16.2. The zero-order chi connectivity index (χ0) is 21.3. The van der Waals surface area contributed by atoms with Crippen LogP contribution in [0.5, 0.6) is 0 Å². The highest BCUT2D eigenvalue weighted by Crippen LogP contribution is 2.26. The van der Waals surface area contributed by atoms with E-state index in [4.69, 9.17) is 0 Å². The largest absolute Gasteiger partial charge is 0.349 e. The van der Waals surface area contributed by atoms with Crippen LogP contribution in [-0.4, -0.2) is 52.0 Å². The predicted octanol–water partition coefficient (Wildman–Crippen LogP) is 3.52. The number of hydrogen-bond acceptors (Lipinski definition) is 4. The van der Waals surface area contributed by atoms with Crippen molar-refractivity contribution in [3.05, 3.63) is 83.7 Å². The molecule has 0 spiro atoms. The number of nitrogens with zero attached hydrogens (tertiary/aromatic N) is 4. The standard InChI is InChI=1S/C25H31N5O/c31-25(24-20-30(28-27-24)17-7-11-21-9-3-1-4-10-21)26-15-18-29-16-8-14-23(19-29)22-12-5-2-6-13-22/h1-6,9-10,12-13,20,23H,7-8,11,14-19H2,(H,26,31). The molecule has 0 bridgehead atoms. The summed E-state index contributed by atoms with van der Waals surface area (Å²) >= 11 is 0. The van der Waals surface area contributed by atoms with E-state index in [-0.39, 0.29) is 5.91 Å². The maximum absolute atomic E-state index is 12.4. The van der Waals surface area contributed by atoms with E-state index in [1.54, 1.807) is 10.9 Å². The van der Waals surface area contributed by atoms with Crippen molar-refractivity contribution in [1.82, 2.24) is 25.2 Å². The first-order valence-electron chi connectivity index (χ1n) is 11.3. The fourth-order valence-electron chi connectivity index (χ4n) is 4.28. The molecule has 1 aliphatic rings. The molecule has 0 saturated carbocycles. The zero-order valence-corrected chi connectivity index (χ0v) is 18.0. The summed E-state index contributed by atoms with van der Waals surface area (Å²) in [4.78, 5) is 14.9. The van der Waals surface area contributed by atoms with Crippen molar-refractivity contribution in [3.63, 3.8) is 0 Å². The molecule has 1 aromatic heterocycles. The Bertz CT molecular complexity index is 941. The number of rotatable bonds is 9. The second-order valence-corrected chi connectivity index (χ2v) is 8.26. The van der Waals surface area contributed by atoms with Gasteiger partial charge in [-0.25, -0.2) is 0 Å². The second kappa shape index (κ2) is 10.9. The molecule has 1 unspecified atom stereocenters. The maximum Gasteiger partial charge on any atom is 0.273 e. The van der Waals surface area contributed by atoms with Gasteiger partial charge in [0.2, 0.25) is 0 Å². The number of carbonyl (C=O) groups excluding carboxylic acids is 1. The van der Waals surface area contributed by atoms with Crippen molar-refractivity contribution in [2.45, 2.75) is 38.1 Å². The van der Waals surface area contributed by atoms with E-state index >= 15 is 0 Å². The van der Waals surface area contributed by atoms with E-state index in [0.29, 0.717) is 18.2 Å². The summed E-state index contributed by atoms with van der Waals surface area (Å²) in [6.07, 6.45) is 6.13. The van der Waals surface area contributed by atoms with Crippen LogP contribution in [0.25, 0.3) is 0 Å². The van der Waals surface area contributed by atoms with E-state index in [1.807, 2.05) is 6.07 Å². The molecule has 6 heteroatoms. The van der Waals surface area contributed by atoms with Gasteiger partial charge in [-0.2, -0.15) is 0 Å². The van der Waals surface area contributed by atoms with Crippen LogP contribution in [0.1, 0.15) is 46.8 Å². The van der Waals surface area contributed by atoms with Crippen LogP contribution in [0, 0.1) is 0 Å². The summed E-state index contributed by atoms with van der Waals surface area (Å²) < 4.78 is 1.76. The molecule has 6 nitrogen and oxygen atoms in total. The molecule has 1 N–H and O–H groups in total. The molecule has 1 saturated heterocycles. The molecule has 0 aliphatic carbocycles. The van der Waals surface area contributed by atoms with E-state index in [9.17, 15) is 4.79 Å². The van der Waals surface area contributed by atoms with Crippen molar-refractivity contribution >= 4 is 5.91 Å². The van der Waals surface area contributed by atoms with Crippen LogP contribution in [0.15, 0.2) is 66.9 Å². The number of aromatic nitrogens is 3. The smallest absolute Gasteiger partial charge is 0.273 e. The van der Waals surface area contributed by atoms with Crippen LogP contribution in [0.3, 0.4) is 0 Å². The first-order valence-corrected chi connectivity index (χ1v) is 11.3. The molecular formula is C25H31N5O. The fraction of sp³-hybridized carbons (Fsp3) is 0.400. The third kappa shape index (κ3) is 6.25. The minimum absolute atomic E-state index is 0.147. The molecule has 1 fully saturated rings. The predicted molar refractivity (Wildman–Crippen MR) is 122 cm³/mol. The lowest BCUT2D eigenvalue weighted by Gasteiger charge is -2.33. The van der Waals surface area contributed by atoms with Gasteiger partial charge in [-0.05, 0) is 49.3 Å². The molecule has 1 amide bonds. The number of carbonyl (C=O) groups is 1. The molecule has 2 aromatic carbocycles. The Morgan fingerprint density at radius 3 is 2.61 bits per heavy atom. The lowest BCUT2D eigenvalue weighted by atomic mass is 9.91. The molecule has 2 heterocycles. The summed E-state index contributed by atoms with van der Waals surface area (Å²) in [5.41, 5.74) is 3.12. The van der Waals surface area contributed by atoms with Crippen molar-refractivity contribution in [3.8, 4) is 0 Å². The van der Waals surface area contributed by atoms with Gasteiger partial charge in [-0.15, -0.1) is 5.10 Å². The number of benzene rings is 2. The van der Waals surface area contributed by atoms with E-state index in [1.165, 1.54) is 24.0 Å². The normalized spacial score (nSPS) is 16.8. The van der Waals surface area contributed by atoms with Gasteiger partial charge in [0.25, 0.3) is 5.91 Å². The molecule has 1 aliphatic heterocycles. The van der Waals surface area contributed by atoms with Gasteiger partial charge in [-0.3, -0.25) is 9.48 Å². The fourth-order valence-corrected chi connectivity index (χ4v) is 4.28. The Kier molecular flexibility index (Phi) is 7.45. The van der Waals surface area contributed by atoms with E-state index in [2.05, 4.69) is 75.1 Å². The van der Waals surface area contributed by atoms with Crippen LogP contribution in [0.2, 0.25) is 0 Å². The Hall–Kier alpha value is -2.99. The second-order valence-electron chi connectivity index (χ2n) is 8.26. The molecule has 4 rings (SSSR count). The lowest BCUT2D eigenvalue weighted by molar-refractivity contribution is 0.0940. The average molecular weight is 418 g/mol. The van der Waals surface area contributed by atoms with Gasteiger partial charge in [0.1, 0.15) is 0 Å². The van der Waals surface area contributed by atoms with E-state index < -0.39 is 0 Å². The monoisotopic (exact) mass is 417 g/mol. The Labute approximate surface area is 184 Å². The molecule has 31 heavy (non-hydrogen) atoms. The third-order valence-electron chi connectivity index (χ3n) is 5.96. The molecule has 162 valence electrons. The Morgan fingerprint density at radius 2 is 1.81 bits per heavy atom. The van der Waals surface area contributed by atoms with Crippen molar-refractivity contribution in [2.75, 3.05) is 26.2 Å². The molecule has 1 atom stereocenters. The summed E-state index contributed by atoms with van der Waals surface area (Å²) in [5, 5.41) is 11.2. The first kappa shape index (κ1) is 21.2. The van der Waals surface area contributed by atoms with Crippen LogP contribution in [0.4, 0.5) is 0 Å². The Morgan fingerprint density at radius 1 is 1.03 bits per heavy atom. The molecular weight excluding hydrogens is 386 g/mol. The Balaban J connectivity index is 1.18.